The van der Waals surface area contributed by atoms with E-state index >= 15 is 0 Å². The predicted molar refractivity (Wildman–Crippen MR) is 121 cm³/mol. The molecule has 2 aliphatic heterocycles. The molecule has 1 atom stereocenters. The number of furan rings is 1. The third kappa shape index (κ3) is 3.94. The second kappa shape index (κ2) is 8.90. The van der Waals surface area contributed by atoms with E-state index in [0.29, 0.717) is 37.6 Å². The molecule has 0 radical (unpaired) electrons. The van der Waals surface area contributed by atoms with Crippen LogP contribution in [0.4, 0.5) is 0 Å². The van der Waals surface area contributed by atoms with Crippen LogP contribution in [0.2, 0.25) is 0 Å². The lowest BCUT2D eigenvalue weighted by Crippen LogP contribution is -2.65. The first-order valence-corrected chi connectivity index (χ1v) is 12.1. The van der Waals surface area contributed by atoms with Gasteiger partial charge in [-0.2, -0.15) is 0 Å². The van der Waals surface area contributed by atoms with E-state index < -0.39 is 5.54 Å². The van der Waals surface area contributed by atoms with Crippen LogP contribution in [0.25, 0.3) is 11.1 Å². The number of ether oxygens (including phenoxy) is 1. The van der Waals surface area contributed by atoms with E-state index in [1.54, 1.807) is 11.2 Å². The summed E-state index contributed by atoms with van der Waals surface area (Å²) < 4.78 is 13.0. The predicted octanol–water partition coefficient (Wildman–Crippen LogP) is 2.62. The third-order valence-electron chi connectivity index (χ3n) is 7.47. The van der Waals surface area contributed by atoms with E-state index in [4.69, 9.17) is 9.15 Å². The Morgan fingerprint density at radius 2 is 1.91 bits per heavy atom. The smallest absolute Gasteiger partial charge is 0.271 e. The van der Waals surface area contributed by atoms with E-state index in [-0.39, 0.29) is 17.9 Å². The molecule has 1 saturated heterocycles. The number of carbonyl (C=O) groups excluding carboxylic acids is 2. The van der Waals surface area contributed by atoms with Crippen LogP contribution in [0.5, 0.6) is 0 Å². The van der Waals surface area contributed by atoms with Crippen molar-refractivity contribution in [2.24, 2.45) is 0 Å². The number of amides is 2. The van der Waals surface area contributed by atoms with E-state index in [9.17, 15) is 9.59 Å². The molecule has 1 unspecified atom stereocenters. The summed E-state index contributed by atoms with van der Waals surface area (Å²) in [4.78, 5) is 31.5. The molecule has 2 fully saturated rings. The number of hydrogen-bond donors (Lipinski definition) is 1. The van der Waals surface area contributed by atoms with Crippen LogP contribution in [0.3, 0.4) is 0 Å². The van der Waals surface area contributed by atoms with Gasteiger partial charge in [0.15, 0.2) is 5.58 Å². The Morgan fingerprint density at radius 1 is 1.16 bits per heavy atom. The number of fused-ring (bicyclic) bond motifs is 3. The Balaban J connectivity index is 1.42. The molecular weight excluding hydrogens is 408 g/mol. The van der Waals surface area contributed by atoms with Crippen molar-refractivity contribution in [2.45, 2.75) is 63.6 Å². The second-order valence-electron chi connectivity index (χ2n) is 9.63. The quantitative estimate of drug-likeness (QED) is 0.720. The van der Waals surface area contributed by atoms with Crippen molar-refractivity contribution in [3.63, 3.8) is 0 Å². The molecule has 1 N–H and O–H groups in total. The third-order valence-corrected chi connectivity index (χ3v) is 7.47. The molecule has 3 aliphatic rings. The van der Waals surface area contributed by atoms with Crippen molar-refractivity contribution in [1.82, 2.24) is 19.7 Å². The summed E-state index contributed by atoms with van der Waals surface area (Å²) in [5.74, 6) is -0.148. The number of aromatic nitrogens is 1. The van der Waals surface area contributed by atoms with Gasteiger partial charge >= 0.3 is 0 Å². The summed E-state index contributed by atoms with van der Waals surface area (Å²) in [5.41, 5.74) is 1.21. The summed E-state index contributed by atoms with van der Waals surface area (Å²) >= 11 is 0. The minimum absolute atomic E-state index is 0.0456. The topological polar surface area (TPSA) is 80.0 Å². The van der Waals surface area contributed by atoms with E-state index in [1.807, 2.05) is 23.6 Å². The van der Waals surface area contributed by atoms with Gasteiger partial charge in [-0.05, 0) is 19.8 Å². The maximum absolute atomic E-state index is 13.7. The Labute approximate surface area is 188 Å². The van der Waals surface area contributed by atoms with Gasteiger partial charge in [-0.15, -0.1) is 0 Å². The Morgan fingerprint density at radius 3 is 2.66 bits per heavy atom. The number of morpholine rings is 1. The Kier molecular flexibility index (Phi) is 5.99. The minimum atomic E-state index is -0.952. The fourth-order valence-electron chi connectivity index (χ4n) is 5.45. The first-order chi connectivity index (χ1) is 15.6. The molecule has 5 rings (SSSR count). The van der Waals surface area contributed by atoms with Crippen LogP contribution in [-0.4, -0.2) is 77.2 Å². The highest BCUT2D eigenvalue weighted by Crippen LogP contribution is 2.33. The normalized spacial score (nSPS) is 25.7. The number of rotatable bonds is 5. The molecule has 2 aromatic rings. The van der Waals surface area contributed by atoms with Gasteiger partial charge in [0.25, 0.3) is 5.91 Å². The molecule has 1 aliphatic carbocycles. The number of carbonyl (C=O) groups is 2. The van der Waals surface area contributed by atoms with Crippen molar-refractivity contribution in [1.29, 1.82) is 0 Å². The second-order valence-corrected chi connectivity index (χ2v) is 9.63. The molecule has 0 aromatic carbocycles. The molecule has 0 spiro atoms. The molecular formula is C24H34N4O4. The zero-order valence-electron chi connectivity index (χ0n) is 19.0. The van der Waals surface area contributed by atoms with Crippen molar-refractivity contribution in [3.05, 3.63) is 24.1 Å². The van der Waals surface area contributed by atoms with Crippen LogP contribution in [0.15, 0.2) is 22.8 Å². The minimum Gasteiger partial charge on any atom is -0.463 e. The summed E-state index contributed by atoms with van der Waals surface area (Å²) in [5, 5.41) is 3.32. The highest BCUT2D eigenvalue weighted by molar-refractivity contribution is 6.02. The maximum atomic E-state index is 13.7. The average Bonchev–Trinajstić information content (AvgIpc) is 3.29. The summed E-state index contributed by atoms with van der Waals surface area (Å²) in [7, 11) is 0. The lowest BCUT2D eigenvalue weighted by atomic mass is 9.93. The van der Waals surface area contributed by atoms with Crippen molar-refractivity contribution >= 4 is 22.9 Å². The summed E-state index contributed by atoms with van der Waals surface area (Å²) in [6.07, 6.45) is 8.44. The molecule has 1 saturated carbocycles. The molecule has 8 nitrogen and oxygen atoms in total. The van der Waals surface area contributed by atoms with Gasteiger partial charge in [-0.1, -0.05) is 25.7 Å². The highest BCUT2D eigenvalue weighted by atomic mass is 16.5. The average molecular weight is 443 g/mol. The van der Waals surface area contributed by atoms with Crippen molar-refractivity contribution in [3.8, 4) is 0 Å². The van der Waals surface area contributed by atoms with Gasteiger partial charge in [0.05, 0.1) is 31.5 Å². The SMILES string of the molecule is CC1(C(=O)NC2CCCCCC2)Cn2c(cc3occc32)C(=O)N1CCN1CCOCC1. The molecule has 174 valence electrons. The first kappa shape index (κ1) is 21.5. The van der Waals surface area contributed by atoms with E-state index in [2.05, 4.69) is 10.2 Å². The number of nitrogens with one attached hydrogen (secondary N) is 1. The molecule has 8 heteroatoms. The number of hydrogen-bond acceptors (Lipinski definition) is 5. The fourth-order valence-corrected chi connectivity index (χ4v) is 5.45. The highest BCUT2D eigenvalue weighted by Gasteiger charge is 2.48. The van der Waals surface area contributed by atoms with E-state index in [0.717, 1.165) is 50.8 Å². The van der Waals surface area contributed by atoms with Crippen LogP contribution in [0, 0.1) is 0 Å². The van der Waals surface area contributed by atoms with Crippen molar-refractivity contribution in [2.75, 3.05) is 39.4 Å². The summed E-state index contributed by atoms with van der Waals surface area (Å²) in [6.45, 7) is 6.74. The van der Waals surface area contributed by atoms with Crippen LogP contribution >= 0.6 is 0 Å². The lowest BCUT2D eigenvalue weighted by molar-refractivity contribution is -0.133. The Bertz CT molecular complexity index is 968. The van der Waals surface area contributed by atoms with Gasteiger partial charge in [0.1, 0.15) is 11.2 Å². The Hall–Kier alpha value is -2.32. The van der Waals surface area contributed by atoms with E-state index in [1.165, 1.54) is 12.8 Å². The fraction of sp³-hybridized carbons (Fsp3) is 0.667. The molecule has 32 heavy (non-hydrogen) atoms. The molecule has 2 aromatic heterocycles. The molecule has 2 amide bonds. The van der Waals surface area contributed by atoms with Crippen LogP contribution in [-0.2, 0) is 16.1 Å². The number of nitrogens with zero attached hydrogens (tertiary/aromatic N) is 3. The van der Waals surface area contributed by atoms with Crippen LogP contribution in [0.1, 0.15) is 55.9 Å². The van der Waals surface area contributed by atoms with Gasteiger partial charge in [0, 0.05) is 44.4 Å². The standard InChI is InChI=1S/C24H34N4O4/c1-24(23(30)25-18-6-4-2-3-5-7-18)17-27-19-8-13-32-21(19)16-20(27)22(29)28(24)10-9-26-11-14-31-15-12-26/h8,13,16,18H,2-7,9-12,14-15,17H2,1H3,(H,25,30). The van der Waals surface area contributed by atoms with Crippen LogP contribution < -0.4 is 5.32 Å². The van der Waals surface area contributed by atoms with Gasteiger partial charge in [-0.3, -0.25) is 14.5 Å². The summed E-state index contributed by atoms with van der Waals surface area (Å²) in [6, 6.07) is 3.87. The zero-order chi connectivity index (χ0) is 22.1. The zero-order valence-corrected chi connectivity index (χ0v) is 19.0. The molecule has 4 heterocycles. The van der Waals surface area contributed by atoms with Gasteiger partial charge in [-0.25, -0.2) is 0 Å². The van der Waals surface area contributed by atoms with Gasteiger partial charge < -0.3 is 23.9 Å². The molecule has 0 bridgehead atoms. The monoisotopic (exact) mass is 442 g/mol. The first-order valence-electron chi connectivity index (χ1n) is 12.1. The largest absolute Gasteiger partial charge is 0.463 e. The lowest BCUT2D eigenvalue weighted by Gasteiger charge is -2.45. The maximum Gasteiger partial charge on any atom is 0.271 e. The van der Waals surface area contributed by atoms with Crippen molar-refractivity contribution < 1.29 is 18.7 Å². The van der Waals surface area contributed by atoms with Gasteiger partial charge in [0.2, 0.25) is 5.91 Å².